The van der Waals surface area contributed by atoms with E-state index in [1.165, 1.54) is 5.56 Å². The molecule has 144 valence electrons. The molecular weight excluding hydrogens is 338 g/mol. The molecule has 2 aromatic rings. The van der Waals surface area contributed by atoms with Gasteiger partial charge < -0.3 is 15.1 Å². The molecule has 1 aromatic carbocycles. The van der Waals surface area contributed by atoms with Crippen molar-refractivity contribution in [1.82, 2.24) is 20.2 Å². The highest BCUT2D eigenvalue weighted by Crippen LogP contribution is 2.20. The van der Waals surface area contributed by atoms with Crippen LogP contribution < -0.4 is 10.2 Å². The number of nitrogens with one attached hydrogen (secondary N) is 1. The Labute approximate surface area is 161 Å². The van der Waals surface area contributed by atoms with E-state index in [9.17, 15) is 4.79 Å². The van der Waals surface area contributed by atoms with E-state index in [0.29, 0.717) is 0 Å². The molecule has 1 aliphatic heterocycles. The Kier molecular flexibility index (Phi) is 7.16. The van der Waals surface area contributed by atoms with Crippen LogP contribution in [0, 0.1) is 5.92 Å². The highest BCUT2D eigenvalue weighted by atomic mass is 16.1. The Morgan fingerprint density at radius 3 is 2.93 bits per heavy atom. The molecule has 1 unspecified atom stereocenters. The lowest BCUT2D eigenvalue weighted by Crippen LogP contribution is -2.43. The molecule has 1 aromatic heterocycles. The number of hydrogen-bond acceptors (Lipinski definition) is 5. The van der Waals surface area contributed by atoms with Gasteiger partial charge in [-0.1, -0.05) is 30.3 Å². The predicted octanol–water partition coefficient (Wildman–Crippen LogP) is 2.33. The van der Waals surface area contributed by atoms with Gasteiger partial charge in [0.1, 0.15) is 5.82 Å². The predicted molar refractivity (Wildman–Crippen MR) is 107 cm³/mol. The minimum Gasteiger partial charge on any atom is -0.356 e. The lowest BCUT2D eigenvalue weighted by Gasteiger charge is -2.32. The molecule has 6 heteroatoms. The van der Waals surface area contributed by atoms with Crippen LogP contribution in [0.5, 0.6) is 0 Å². The summed E-state index contributed by atoms with van der Waals surface area (Å²) in [5.41, 5.74) is 1.32. The summed E-state index contributed by atoms with van der Waals surface area (Å²) >= 11 is 0. The molecule has 1 N–H and O–H groups in total. The van der Waals surface area contributed by atoms with Crippen molar-refractivity contribution in [2.75, 3.05) is 38.1 Å². The van der Waals surface area contributed by atoms with Crippen molar-refractivity contribution in [3.05, 3.63) is 54.5 Å². The Bertz CT molecular complexity index is 694. The van der Waals surface area contributed by atoms with Crippen molar-refractivity contribution in [3.63, 3.8) is 0 Å². The minimum atomic E-state index is 0.0304. The lowest BCUT2D eigenvalue weighted by atomic mass is 9.97. The van der Waals surface area contributed by atoms with Gasteiger partial charge >= 0.3 is 0 Å². The van der Waals surface area contributed by atoms with Crippen LogP contribution in [-0.2, 0) is 11.3 Å². The van der Waals surface area contributed by atoms with Crippen LogP contribution in [0.15, 0.2) is 48.9 Å². The van der Waals surface area contributed by atoms with E-state index in [4.69, 9.17) is 0 Å². The third kappa shape index (κ3) is 6.03. The molecule has 1 fully saturated rings. The molecular formula is C21H29N5O. The average molecular weight is 367 g/mol. The molecule has 1 atom stereocenters. The third-order valence-electron chi connectivity index (χ3n) is 4.98. The number of hydrogen-bond donors (Lipinski definition) is 1. The van der Waals surface area contributed by atoms with Gasteiger partial charge in [0.25, 0.3) is 0 Å². The molecule has 2 heterocycles. The number of carbonyl (C=O) groups is 1. The van der Waals surface area contributed by atoms with Crippen LogP contribution >= 0.6 is 0 Å². The number of rotatable bonds is 8. The van der Waals surface area contributed by atoms with Crippen molar-refractivity contribution < 1.29 is 4.79 Å². The molecule has 0 spiro atoms. The van der Waals surface area contributed by atoms with E-state index in [0.717, 1.165) is 57.8 Å². The van der Waals surface area contributed by atoms with Crippen LogP contribution in [0.4, 0.5) is 5.82 Å². The van der Waals surface area contributed by atoms with Gasteiger partial charge in [-0.2, -0.15) is 0 Å². The fraction of sp³-hybridized carbons (Fsp3) is 0.476. The van der Waals surface area contributed by atoms with Gasteiger partial charge in [0.05, 0.1) is 12.1 Å². The Balaban J connectivity index is 1.36. The van der Waals surface area contributed by atoms with Gasteiger partial charge in [-0.25, -0.2) is 4.98 Å². The fourth-order valence-electron chi connectivity index (χ4n) is 3.53. The maximum Gasteiger partial charge on any atom is 0.224 e. The summed E-state index contributed by atoms with van der Waals surface area (Å²) in [4.78, 5) is 25.5. The van der Waals surface area contributed by atoms with Gasteiger partial charge in [0.15, 0.2) is 0 Å². The molecule has 27 heavy (non-hydrogen) atoms. The van der Waals surface area contributed by atoms with Gasteiger partial charge in [0.2, 0.25) is 5.91 Å². The maximum atomic E-state index is 12.5. The Morgan fingerprint density at radius 2 is 2.15 bits per heavy atom. The standard InChI is InChI=1S/C21H29N5O/c1-25(16-18-7-3-2-4-8-18)13-6-10-24-21(27)19-9-5-14-26(17-19)20-15-22-11-12-23-20/h2-4,7-8,11-12,15,19H,5-6,9-10,13-14,16-17H2,1H3,(H,24,27). The van der Waals surface area contributed by atoms with E-state index >= 15 is 0 Å². The van der Waals surface area contributed by atoms with Crippen LogP contribution in [0.3, 0.4) is 0 Å². The largest absolute Gasteiger partial charge is 0.356 e. The fourth-order valence-corrected chi connectivity index (χ4v) is 3.53. The number of benzene rings is 1. The van der Waals surface area contributed by atoms with Crippen molar-refractivity contribution in [3.8, 4) is 0 Å². The molecule has 0 bridgehead atoms. The van der Waals surface area contributed by atoms with Crippen molar-refractivity contribution in [1.29, 1.82) is 0 Å². The smallest absolute Gasteiger partial charge is 0.224 e. The minimum absolute atomic E-state index is 0.0304. The molecule has 1 aliphatic rings. The van der Waals surface area contributed by atoms with Crippen molar-refractivity contribution in [2.24, 2.45) is 5.92 Å². The monoisotopic (exact) mass is 367 g/mol. The molecule has 3 rings (SSSR count). The van der Waals surface area contributed by atoms with Crippen molar-refractivity contribution >= 4 is 11.7 Å². The first-order chi connectivity index (χ1) is 13.2. The highest BCUT2D eigenvalue weighted by Gasteiger charge is 2.26. The quantitative estimate of drug-likeness (QED) is 0.726. The number of anilines is 1. The zero-order valence-electron chi connectivity index (χ0n) is 16.1. The number of nitrogens with zero attached hydrogens (tertiary/aromatic N) is 4. The lowest BCUT2D eigenvalue weighted by molar-refractivity contribution is -0.125. The first kappa shape index (κ1) is 19.3. The Hall–Kier alpha value is -2.47. The van der Waals surface area contributed by atoms with Crippen LogP contribution in [0.25, 0.3) is 0 Å². The molecule has 1 saturated heterocycles. The van der Waals surface area contributed by atoms with Gasteiger partial charge in [-0.3, -0.25) is 9.78 Å². The molecule has 6 nitrogen and oxygen atoms in total. The SMILES string of the molecule is CN(CCCNC(=O)C1CCCN(c2cnccn2)C1)Cc1ccccc1. The third-order valence-corrected chi connectivity index (χ3v) is 4.98. The first-order valence-electron chi connectivity index (χ1n) is 9.73. The summed E-state index contributed by atoms with van der Waals surface area (Å²) in [6.45, 7) is 4.28. The summed E-state index contributed by atoms with van der Waals surface area (Å²) in [6, 6.07) is 10.5. The highest BCUT2D eigenvalue weighted by molar-refractivity contribution is 5.79. The molecule has 0 radical (unpaired) electrons. The summed E-state index contributed by atoms with van der Waals surface area (Å²) < 4.78 is 0. The normalized spacial score (nSPS) is 17.1. The van der Waals surface area contributed by atoms with Crippen LogP contribution in [0.2, 0.25) is 0 Å². The zero-order valence-corrected chi connectivity index (χ0v) is 16.1. The molecule has 0 saturated carbocycles. The number of amides is 1. The maximum absolute atomic E-state index is 12.5. The average Bonchev–Trinajstić information content (AvgIpc) is 2.72. The zero-order chi connectivity index (χ0) is 18.9. The second-order valence-corrected chi connectivity index (χ2v) is 7.22. The summed E-state index contributed by atoms with van der Waals surface area (Å²) in [5.74, 6) is 1.05. The van der Waals surface area contributed by atoms with Gasteiger partial charge in [0, 0.05) is 38.6 Å². The van der Waals surface area contributed by atoms with E-state index in [1.807, 2.05) is 6.07 Å². The molecule has 0 aliphatic carbocycles. The second kappa shape index (κ2) is 10.0. The van der Waals surface area contributed by atoms with Crippen molar-refractivity contribution in [2.45, 2.75) is 25.8 Å². The number of carbonyl (C=O) groups excluding carboxylic acids is 1. The van der Waals surface area contributed by atoms with E-state index in [1.54, 1.807) is 18.6 Å². The summed E-state index contributed by atoms with van der Waals surface area (Å²) in [7, 11) is 2.12. The van der Waals surface area contributed by atoms with Gasteiger partial charge in [-0.15, -0.1) is 0 Å². The second-order valence-electron chi connectivity index (χ2n) is 7.22. The van der Waals surface area contributed by atoms with Crippen LogP contribution in [0.1, 0.15) is 24.8 Å². The number of piperidine rings is 1. The van der Waals surface area contributed by atoms with E-state index in [-0.39, 0.29) is 11.8 Å². The first-order valence-corrected chi connectivity index (χ1v) is 9.73. The van der Waals surface area contributed by atoms with E-state index in [2.05, 4.69) is 56.4 Å². The number of aromatic nitrogens is 2. The van der Waals surface area contributed by atoms with E-state index < -0.39 is 0 Å². The topological polar surface area (TPSA) is 61.4 Å². The summed E-state index contributed by atoms with van der Waals surface area (Å²) in [6.07, 6.45) is 8.04. The van der Waals surface area contributed by atoms with Gasteiger partial charge in [-0.05, 0) is 38.4 Å². The van der Waals surface area contributed by atoms with Crippen LogP contribution in [-0.4, -0.2) is 54.0 Å². The summed E-state index contributed by atoms with van der Waals surface area (Å²) in [5, 5.41) is 3.12. The molecule has 1 amide bonds. The Morgan fingerprint density at radius 1 is 1.30 bits per heavy atom.